The first-order valence-corrected chi connectivity index (χ1v) is 9.04. The number of rotatable bonds is 7. The van der Waals surface area contributed by atoms with Crippen LogP contribution in [-0.4, -0.2) is 0 Å². The van der Waals surface area contributed by atoms with Gasteiger partial charge in [0.05, 0.1) is 0 Å². The highest BCUT2D eigenvalue weighted by molar-refractivity contribution is 7.97. The van der Waals surface area contributed by atoms with Crippen LogP contribution < -0.4 is 0 Å². The Hall–Kier alpha value is -1.61. The van der Waals surface area contributed by atoms with Gasteiger partial charge in [0, 0.05) is 11.5 Å². The fourth-order valence-corrected chi connectivity index (χ4v) is 2.81. The second-order valence-electron chi connectivity index (χ2n) is 5.10. The number of allylic oxidation sites excluding steroid dienone is 1. The predicted octanol–water partition coefficient (Wildman–Crippen LogP) is 7.08. The summed E-state index contributed by atoms with van der Waals surface area (Å²) in [4.78, 5) is 0. The van der Waals surface area contributed by atoms with Crippen LogP contribution in [0.25, 0.3) is 0 Å². The highest BCUT2D eigenvalue weighted by atomic mass is 32.2. The van der Waals surface area contributed by atoms with Gasteiger partial charge in [-0.05, 0) is 30.0 Å². The van der Waals surface area contributed by atoms with Gasteiger partial charge in [0.1, 0.15) is 0 Å². The van der Waals surface area contributed by atoms with Gasteiger partial charge < -0.3 is 0 Å². The van der Waals surface area contributed by atoms with Crippen molar-refractivity contribution in [2.24, 2.45) is 0 Å². The van der Waals surface area contributed by atoms with Crippen LogP contribution in [0.2, 0.25) is 0 Å². The molecule has 0 radical (unpaired) electrons. The Bertz CT molecular complexity index is 495. The summed E-state index contributed by atoms with van der Waals surface area (Å²) in [6.45, 7) is 1.98. The first-order chi connectivity index (χ1) is 11.2. The van der Waals surface area contributed by atoms with Gasteiger partial charge in [0.25, 0.3) is 6.08 Å². The van der Waals surface area contributed by atoms with Gasteiger partial charge in [-0.2, -0.15) is 20.5 Å². The highest BCUT2D eigenvalue weighted by Crippen LogP contribution is 2.17. The lowest BCUT2D eigenvalue weighted by molar-refractivity contribution is 0.417. The van der Waals surface area contributed by atoms with Crippen LogP contribution in [0.5, 0.6) is 0 Å². The maximum absolute atomic E-state index is 11.2. The molecule has 0 saturated carbocycles. The minimum Gasteiger partial charge on any atom is -0.174 e. The predicted molar refractivity (Wildman–Crippen MR) is 97.7 cm³/mol. The third kappa shape index (κ3) is 10.7. The third-order valence-electron chi connectivity index (χ3n) is 3.08. The van der Waals surface area contributed by atoms with Crippen molar-refractivity contribution in [1.29, 1.82) is 0 Å². The highest BCUT2D eigenvalue weighted by Gasteiger charge is 1.93. The SMILES string of the molecule is CCCCC=C(F)F.c1ccc(CSCc2ccccc2)cc1. The zero-order valence-electron chi connectivity index (χ0n) is 13.6. The summed E-state index contributed by atoms with van der Waals surface area (Å²) in [7, 11) is 0. The molecule has 2 aromatic carbocycles. The lowest BCUT2D eigenvalue weighted by Gasteiger charge is -2.01. The molecule has 2 aromatic rings. The molecule has 0 atom stereocenters. The molecular formula is C20H24F2S. The van der Waals surface area contributed by atoms with Crippen molar-refractivity contribution in [2.75, 3.05) is 0 Å². The molecule has 0 aliphatic rings. The maximum atomic E-state index is 11.2. The monoisotopic (exact) mass is 334 g/mol. The molecule has 124 valence electrons. The maximum Gasteiger partial charge on any atom is 0.266 e. The van der Waals surface area contributed by atoms with E-state index in [2.05, 4.69) is 60.7 Å². The molecule has 23 heavy (non-hydrogen) atoms. The van der Waals surface area contributed by atoms with E-state index in [0.717, 1.165) is 30.4 Å². The third-order valence-corrected chi connectivity index (χ3v) is 4.15. The molecule has 0 spiro atoms. The molecule has 0 N–H and O–H groups in total. The zero-order valence-corrected chi connectivity index (χ0v) is 14.4. The van der Waals surface area contributed by atoms with Crippen molar-refractivity contribution in [3.8, 4) is 0 Å². The van der Waals surface area contributed by atoms with Crippen molar-refractivity contribution in [2.45, 2.75) is 37.7 Å². The quantitative estimate of drug-likeness (QED) is 0.488. The Kier molecular flexibility index (Phi) is 10.9. The van der Waals surface area contributed by atoms with Crippen LogP contribution in [-0.2, 0) is 11.5 Å². The van der Waals surface area contributed by atoms with Gasteiger partial charge >= 0.3 is 0 Å². The standard InChI is InChI=1S/C14H14S.C6H10F2/c1-3-7-13(8-4-1)11-15-12-14-9-5-2-6-10-14;1-2-3-4-5-6(7)8/h1-10H,11-12H2;5H,2-4H2,1H3. The topological polar surface area (TPSA) is 0 Å². The molecule has 0 aromatic heterocycles. The lowest BCUT2D eigenvalue weighted by Crippen LogP contribution is -1.82. The number of hydrogen-bond acceptors (Lipinski definition) is 1. The molecule has 0 saturated heterocycles. The van der Waals surface area contributed by atoms with Crippen LogP contribution >= 0.6 is 11.8 Å². The lowest BCUT2D eigenvalue weighted by atomic mass is 10.2. The van der Waals surface area contributed by atoms with Crippen molar-refractivity contribution < 1.29 is 8.78 Å². The molecule has 3 heteroatoms. The molecule has 0 aliphatic carbocycles. The van der Waals surface area contributed by atoms with Crippen molar-refractivity contribution in [3.63, 3.8) is 0 Å². The largest absolute Gasteiger partial charge is 0.266 e. The van der Waals surface area contributed by atoms with E-state index in [1.807, 2.05) is 18.7 Å². The smallest absolute Gasteiger partial charge is 0.174 e. The van der Waals surface area contributed by atoms with Crippen LogP contribution in [0.4, 0.5) is 8.78 Å². The molecule has 0 amide bonds. The molecule has 2 rings (SSSR count). The molecule has 0 bridgehead atoms. The van der Waals surface area contributed by atoms with Gasteiger partial charge in [-0.1, -0.05) is 74.0 Å². The number of unbranched alkanes of at least 4 members (excludes halogenated alkanes) is 2. The van der Waals surface area contributed by atoms with E-state index < -0.39 is 6.08 Å². The summed E-state index contributed by atoms with van der Waals surface area (Å²) >= 11 is 1.96. The zero-order chi connectivity index (χ0) is 16.8. The van der Waals surface area contributed by atoms with E-state index in [-0.39, 0.29) is 0 Å². The first-order valence-electron chi connectivity index (χ1n) is 7.89. The van der Waals surface area contributed by atoms with E-state index in [0.29, 0.717) is 6.42 Å². The number of hydrogen-bond donors (Lipinski definition) is 0. The van der Waals surface area contributed by atoms with Gasteiger partial charge in [0.15, 0.2) is 0 Å². The van der Waals surface area contributed by atoms with E-state index >= 15 is 0 Å². The van der Waals surface area contributed by atoms with Gasteiger partial charge in [0.2, 0.25) is 0 Å². The molecule has 0 unspecified atom stereocenters. The first kappa shape index (κ1) is 19.4. The summed E-state index contributed by atoms with van der Waals surface area (Å²) < 4.78 is 22.4. The second kappa shape index (κ2) is 12.9. The Morgan fingerprint density at radius 3 is 1.74 bits per heavy atom. The molecule has 0 heterocycles. The summed E-state index contributed by atoms with van der Waals surface area (Å²) in [6.07, 6.45) is 1.75. The van der Waals surface area contributed by atoms with Gasteiger partial charge in [-0.25, -0.2) is 0 Å². The van der Waals surface area contributed by atoms with Gasteiger partial charge in [-0.15, -0.1) is 0 Å². The summed E-state index contributed by atoms with van der Waals surface area (Å²) in [5, 5.41) is 0. The van der Waals surface area contributed by atoms with E-state index in [9.17, 15) is 8.78 Å². The van der Waals surface area contributed by atoms with Crippen molar-refractivity contribution >= 4 is 11.8 Å². The van der Waals surface area contributed by atoms with Crippen LogP contribution in [0.15, 0.2) is 72.8 Å². The van der Waals surface area contributed by atoms with Gasteiger partial charge in [-0.3, -0.25) is 0 Å². The summed E-state index contributed by atoms with van der Waals surface area (Å²) in [5.74, 6) is 2.19. The second-order valence-corrected chi connectivity index (χ2v) is 6.09. The molecule has 0 fully saturated rings. The fraction of sp³-hybridized carbons (Fsp3) is 0.300. The Morgan fingerprint density at radius 2 is 1.35 bits per heavy atom. The Balaban J connectivity index is 0.000000284. The minimum atomic E-state index is -1.56. The number of thioether (sulfide) groups is 1. The number of halogens is 2. The normalized spacial score (nSPS) is 9.70. The minimum absolute atomic E-state index is 0.513. The van der Waals surface area contributed by atoms with E-state index in [1.165, 1.54) is 11.1 Å². The van der Waals surface area contributed by atoms with Crippen molar-refractivity contribution in [3.05, 3.63) is 83.9 Å². The molecule has 0 nitrogen and oxygen atoms in total. The Morgan fingerprint density at radius 1 is 0.870 bits per heavy atom. The average Bonchev–Trinajstić information content (AvgIpc) is 2.57. The van der Waals surface area contributed by atoms with Crippen LogP contribution in [0.1, 0.15) is 37.3 Å². The fourth-order valence-electron chi connectivity index (χ4n) is 1.85. The van der Waals surface area contributed by atoms with E-state index in [1.54, 1.807) is 0 Å². The Labute approximate surface area is 142 Å². The average molecular weight is 334 g/mol. The van der Waals surface area contributed by atoms with Crippen LogP contribution in [0.3, 0.4) is 0 Å². The van der Waals surface area contributed by atoms with Crippen molar-refractivity contribution in [1.82, 2.24) is 0 Å². The number of benzene rings is 2. The summed E-state index contributed by atoms with van der Waals surface area (Å²) in [5.41, 5.74) is 2.80. The molecule has 0 aliphatic heterocycles. The molecular weight excluding hydrogens is 310 g/mol. The van der Waals surface area contributed by atoms with E-state index in [4.69, 9.17) is 0 Å². The van der Waals surface area contributed by atoms with Crippen LogP contribution in [0, 0.1) is 0 Å². The summed E-state index contributed by atoms with van der Waals surface area (Å²) in [6, 6.07) is 21.2.